The number of carboxylic acids is 1. The normalized spacial score (nSPS) is 13.3. The van der Waals surface area contributed by atoms with Crippen LogP contribution in [-0.4, -0.2) is 52.9 Å². The van der Waals surface area contributed by atoms with Crippen molar-refractivity contribution in [2.75, 3.05) is 13.6 Å². The lowest BCUT2D eigenvalue weighted by Crippen LogP contribution is -2.34. The highest BCUT2D eigenvalue weighted by Crippen LogP contribution is 2.22. The van der Waals surface area contributed by atoms with Crippen LogP contribution in [0.5, 0.6) is 5.75 Å². The number of hydrogen-bond donors (Lipinski definition) is 5. The molecule has 0 radical (unpaired) electrons. The Bertz CT molecular complexity index is 580. The molecule has 1 aromatic carbocycles. The number of carbonyl (C=O) groups excluding carboxylic acids is 1. The summed E-state index contributed by atoms with van der Waals surface area (Å²) >= 11 is 0. The Labute approximate surface area is 148 Å². The number of amides is 1. The van der Waals surface area contributed by atoms with Crippen molar-refractivity contribution in [1.29, 1.82) is 0 Å². The van der Waals surface area contributed by atoms with Crippen LogP contribution in [0.3, 0.4) is 0 Å². The van der Waals surface area contributed by atoms with Crippen LogP contribution >= 0.6 is 0 Å². The molecule has 0 bridgehead atoms. The fourth-order valence-corrected chi connectivity index (χ4v) is 2.63. The van der Waals surface area contributed by atoms with Gasteiger partial charge in [-0.3, -0.25) is 9.59 Å². The summed E-state index contributed by atoms with van der Waals surface area (Å²) in [7, 11) is 1.76. The zero-order valence-corrected chi connectivity index (χ0v) is 15.0. The van der Waals surface area contributed by atoms with Crippen LogP contribution in [0.1, 0.15) is 47.2 Å². The second-order valence-corrected chi connectivity index (χ2v) is 6.32. The van der Waals surface area contributed by atoms with Gasteiger partial charge in [-0.15, -0.1) is 0 Å². The standard InChI is InChI=1S/C18H28N2O5/c1-11-8-13(9-12(2)17(11)24)18(25)20-10-15(21)6-4-14(19-3)5-7-16(22)23/h8-9,14-15,19,21,24H,4-7,10H2,1-3H3,(H,20,25)(H,22,23). The van der Waals surface area contributed by atoms with E-state index in [0.717, 1.165) is 0 Å². The predicted octanol–water partition coefficient (Wildman–Crippen LogP) is 1.33. The van der Waals surface area contributed by atoms with Gasteiger partial charge in [-0.2, -0.15) is 0 Å². The van der Waals surface area contributed by atoms with Gasteiger partial charge < -0.3 is 26.0 Å². The summed E-state index contributed by atoms with van der Waals surface area (Å²) in [6, 6.07) is 3.23. The van der Waals surface area contributed by atoms with E-state index in [2.05, 4.69) is 10.6 Å². The average molecular weight is 352 g/mol. The molecule has 0 aliphatic carbocycles. The average Bonchev–Trinajstić information content (AvgIpc) is 2.56. The minimum Gasteiger partial charge on any atom is -0.507 e. The third-order valence-corrected chi connectivity index (χ3v) is 4.21. The number of aryl methyl sites for hydroxylation is 2. The SMILES string of the molecule is CNC(CCC(=O)O)CCC(O)CNC(=O)c1cc(C)c(O)c(C)c1. The maximum atomic E-state index is 12.2. The summed E-state index contributed by atoms with van der Waals surface area (Å²) in [5.41, 5.74) is 1.69. The number of rotatable bonds is 10. The van der Waals surface area contributed by atoms with Crippen LogP contribution in [0.4, 0.5) is 0 Å². The molecule has 0 heterocycles. The number of carbonyl (C=O) groups is 2. The van der Waals surface area contributed by atoms with Crippen molar-refractivity contribution in [3.05, 3.63) is 28.8 Å². The molecule has 2 unspecified atom stereocenters. The molecule has 0 spiro atoms. The van der Waals surface area contributed by atoms with Gasteiger partial charge in [0.15, 0.2) is 0 Å². The van der Waals surface area contributed by atoms with Gasteiger partial charge in [0.1, 0.15) is 5.75 Å². The van der Waals surface area contributed by atoms with Crippen molar-refractivity contribution >= 4 is 11.9 Å². The highest BCUT2D eigenvalue weighted by atomic mass is 16.4. The van der Waals surface area contributed by atoms with Crippen molar-refractivity contribution in [3.63, 3.8) is 0 Å². The van der Waals surface area contributed by atoms with E-state index in [4.69, 9.17) is 5.11 Å². The van der Waals surface area contributed by atoms with E-state index in [1.165, 1.54) is 0 Å². The van der Waals surface area contributed by atoms with Crippen LogP contribution in [0.15, 0.2) is 12.1 Å². The fourth-order valence-electron chi connectivity index (χ4n) is 2.63. The van der Waals surface area contributed by atoms with E-state index in [0.29, 0.717) is 36.0 Å². The third-order valence-electron chi connectivity index (χ3n) is 4.21. The Morgan fingerprint density at radius 3 is 2.24 bits per heavy atom. The molecule has 1 aromatic rings. The van der Waals surface area contributed by atoms with E-state index in [9.17, 15) is 19.8 Å². The number of hydrogen-bond acceptors (Lipinski definition) is 5. The zero-order chi connectivity index (χ0) is 19.0. The molecular weight excluding hydrogens is 324 g/mol. The van der Waals surface area contributed by atoms with Crippen LogP contribution in [0.25, 0.3) is 0 Å². The van der Waals surface area contributed by atoms with Crippen molar-refractivity contribution in [2.45, 2.75) is 51.7 Å². The highest BCUT2D eigenvalue weighted by Gasteiger charge is 2.14. The van der Waals surface area contributed by atoms with Gasteiger partial charge in [0.25, 0.3) is 5.91 Å². The Hall–Kier alpha value is -2.12. The van der Waals surface area contributed by atoms with E-state index >= 15 is 0 Å². The number of carboxylic acid groups (broad SMARTS) is 1. The van der Waals surface area contributed by atoms with Gasteiger partial charge >= 0.3 is 5.97 Å². The topological polar surface area (TPSA) is 119 Å². The van der Waals surface area contributed by atoms with Crippen LogP contribution in [-0.2, 0) is 4.79 Å². The largest absolute Gasteiger partial charge is 0.507 e. The first-order valence-corrected chi connectivity index (χ1v) is 8.40. The van der Waals surface area contributed by atoms with Crippen LogP contribution in [0, 0.1) is 13.8 Å². The number of aromatic hydroxyl groups is 1. The Morgan fingerprint density at radius 1 is 1.12 bits per heavy atom. The second kappa shape index (κ2) is 10.0. The van der Waals surface area contributed by atoms with E-state index in [1.807, 2.05) is 0 Å². The molecule has 0 saturated heterocycles. The quantitative estimate of drug-likeness (QED) is 0.433. The molecule has 0 fully saturated rings. The molecule has 0 aromatic heterocycles. The second-order valence-electron chi connectivity index (χ2n) is 6.32. The molecule has 5 N–H and O–H groups in total. The maximum Gasteiger partial charge on any atom is 0.303 e. The monoisotopic (exact) mass is 352 g/mol. The van der Waals surface area contributed by atoms with Gasteiger partial charge in [-0.25, -0.2) is 0 Å². The summed E-state index contributed by atoms with van der Waals surface area (Å²) in [6.45, 7) is 3.57. The molecular formula is C18H28N2O5. The zero-order valence-electron chi connectivity index (χ0n) is 15.0. The number of phenols is 1. The molecule has 140 valence electrons. The lowest BCUT2D eigenvalue weighted by Gasteiger charge is -2.18. The van der Waals surface area contributed by atoms with Crippen molar-refractivity contribution in [1.82, 2.24) is 10.6 Å². The first-order chi connectivity index (χ1) is 11.7. The molecule has 7 heteroatoms. The molecule has 0 saturated carbocycles. The molecule has 2 atom stereocenters. The smallest absolute Gasteiger partial charge is 0.303 e. The van der Waals surface area contributed by atoms with Crippen LogP contribution < -0.4 is 10.6 Å². The summed E-state index contributed by atoms with van der Waals surface area (Å²) in [5, 5.41) is 34.2. The molecule has 0 aliphatic rings. The minimum absolute atomic E-state index is 0.0175. The lowest BCUT2D eigenvalue weighted by atomic mass is 10.0. The summed E-state index contributed by atoms with van der Waals surface area (Å²) < 4.78 is 0. The van der Waals surface area contributed by atoms with E-state index in [1.54, 1.807) is 33.0 Å². The maximum absolute atomic E-state index is 12.2. The van der Waals surface area contributed by atoms with E-state index < -0.39 is 12.1 Å². The minimum atomic E-state index is -0.840. The first-order valence-electron chi connectivity index (χ1n) is 8.40. The van der Waals surface area contributed by atoms with E-state index in [-0.39, 0.29) is 30.7 Å². The van der Waals surface area contributed by atoms with Crippen molar-refractivity contribution in [2.24, 2.45) is 0 Å². The van der Waals surface area contributed by atoms with Gasteiger partial charge in [-0.05, 0) is 63.4 Å². The third kappa shape index (κ3) is 7.11. The van der Waals surface area contributed by atoms with Crippen LogP contribution in [0.2, 0.25) is 0 Å². The summed E-state index contributed by atoms with van der Waals surface area (Å²) in [4.78, 5) is 22.8. The number of aliphatic hydroxyl groups excluding tert-OH is 1. The fraction of sp³-hybridized carbons (Fsp3) is 0.556. The van der Waals surface area contributed by atoms with Crippen molar-refractivity contribution < 1.29 is 24.9 Å². The molecule has 1 rings (SSSR count). The summed E-state index contributed by atoms with van der Waals surface area (Å²) in [5.74, 6) is -0.968. The van der Waals surface area contributed by atoms with Gasteiger partial charge in [0, 0.05) is 24.6 Å². The Morgan fingerprint density at radius 2 is 1.72 bits per heavy atom. The number of aliphatic carboxylic acids is 1. The Balaban J connectivity index is 2.44. The van der Waals surface area contributed by atoms with Crippen molar-refractivity contribution in [3.8, 4) is 5.75 Å². The molecule has 7 nitrogen and oxygen atoms in total. The number of benzene rings is 1. The number of nitrogens with one attached hydrogen (secondary N) is 2. The lowest BCUT2D eigenvalue weighted by molar-refractivity contribution is -0.137. The number of phenolic OH excluding ortho intramolecular Hbond substituents is 1. The van der Waals surface area contributed by atoms with Gasteiger partial charge in [0.2, 0.25) is 0 Å². The molecule has 0 aliphatic heterocycles. The summed E-state index contributed by atoms with van der Waals surface area (Å²) in [6.07, 6.45) is 0.954. The number of aliphatic hydroxyl groups is 1. The van der Waals surface area contributed by atoms with Gasteiger partial charge in [0.05, 0.1) is 6.10 Å². The molecule has 1 amide bonds. The Kier molecular flexibility index (Phi) is 8.37. The van der Waals surface area contributed by atoms with Gasteiger partial charge in [-0.1, -0.05) is 0 Å². The highest BCUT2D eigenvalue weighted by molar-refractivity contribution is 5.94. The molecule has 25 heavy (non-hydrogen) atoms. The first kappa shape index (κ1) is 20.9. The predicted molar refractivity (Wildman–Crippen MR) is 94.9 cm³/mol.